The number of benzene rings is 2. The second kappa shape index (κ2) is 11.0. The Morgan fingerprint density at radius 1 is 1.12 bits per heavy atom. The molecule has 1 atom stereocenters. The molecular weight excluding hydrogens is 444 g/mol. The van der Waals surface area contributed by atoms with E-state index in [4.69, 9.17) is 18.9 Å². The summed E-state index contributed by atoms with van der Waals surface area (Å²) in [5.74, 6) is 0.983. The lowest BCUT2D eigenvalue weighted by molar-refractivity contribution is -0.139. The summed E-state index contributed by atoms with van der Waals surface area (Å²) in [5, 5.41) is 2.88. The molecule has 0 aromatic heterocycles. The lowest BCUT2D eigenvalue weighted by Gasteiger charge is -2.35. The maximum absolute atomic E-state index is 13.1. The fraction of sp³-hybridized carbons (Fsp3) is 0.333. The van der Waals surface area contributed by atoms with E-state index in [1.54, 1.807) is 43.9 Å². The maximum atomic E-state index is 13.1. The van der Waals surface area contributed by atoms with Gasteiger partial charge < -0.3 is 24.3 Å². The van der Waals surface area contributed by atoms with E-state index in [2.05, 4.69) is 5.32 Å². The predicted octanol–water partition coefficient (Wildman–Crippen LogP) is 4.02. The van der Waals surface area contributed by atoms with Crippen LogP contribution in [0.5, 0.6) is 17.2 Å². The third-order valence-electron chi connectivity index (χ3n) is 5.25. The van der Waals surface area contributed by atoms with Crippen molar-refractivity contribution in [2.24, 2.45) is 0 Å². The Bertz CT molecular complexity index is 1040. The number of amides is 2. The number of thioether (sulfide) groups is 1. The lowest BCUT2D eigenvalue weighted by atomic mass is 9.93. The van der Waals surface area contributed by atoms with Gasteiger partial charge in [0, 0.05) is 17.5 Å². The molecule has 0 saturated heterocycles. The molecular formula is C24H28N2O6S. The zero-order valence-electron chi connectivity index (χ0n) is 19.3. The average molecular weight is 473 g/mol. The lowest BCUT2D eigenvalue weighted by Crippen LogP contribution is -2.48. The summed E-state index contributed by atoms with van der Waals surface area (Å²) in [7, 11) is 4.62. The molecule has 2 aromatic rings. The second-order valence-corrected chi connectivity index (χ2v) is 7.95. The van der Waals surface area contributed by atoms with Crippen molar-refractivity contribution in [3.05, 3.63) is 59.3 Å². The molecule has 1 heterocycles. The van der Waals surface area contributed by atoms with Gasteiger partial charge in [-0.05, 0) is 43.5 Å². The van der Waals surface area contributed by atoms with Gasteiger partial charge in [0.05, 0.1) is 38.1 Å². The largest absolute Gasteiger partial charge is 0.493 e. The van der Waals surface area contributed by atoms with Crippen LogP contribution in [-0.4, -0.2) is 57.6 Å². The first-order valence-corrected chi connectivity index (χ1v) is 11.6. The number of ether oxygens (including phenoxy) is 4. The van der Waals surface area contributed by atoms with Crippen molar-refractivity contribution < 1.29 is 28.5 Å². The summed E-state index contributed by atoms with van der Waals surface area (Å²) < 4.78 is 22.3. The number of hydrogen-bond acceptors (Lipinski definition) is 7. The highest BCUT2D eigenvalue weighted by Gasteiger charge is 2.38. The van der Waals surface area contributed by atoms with E-state index in [1.807, 2.05) is 30.5 Å². The van der Waals surface area contributed by atoms with Gasteiger partial charge in [0.25, 0.3) is 0 Å². The minimum atomic E-state index is -0.810. The highest BCUT2D eigenvalue weighted by atomic mass is 32.2. The maximum Gasteiger partial charge on any atom is 0.338 e. The third-order valence-corrected chi connectivity index (χ3v) is 6.00. The summed E-state index contributed by atoms with van der Waals surface area (Å²) in [4.78, 5) is 28.4. The van der Waals surface area contributed by atoms with Gasteiger partial charge >= 0.3 is 12.0 Å². The van der Waals surface area contributed by atoms with Crippen LogP contribution in [-0.2, 0) is 9.53 Å². The van der Waals surface area contributed by atoms with Gasteiger partial charge in [-0.2, -0.15) is 0 Å². The van der Waals surface area contributed by atoms with E-state index in [0.29, 0.717) is 28.5 Å². The van der Waals surface area contributed by atoms with Gasteiger partial charge in [-0.15, -0.1) is 11.8 Å². The minimum absolute atomic E-state index is 0.000530. The Labute approximate surface area is 197 Å². The second-order valence-electron chi connectivity index (χ2n) is 7.07. The number of nitrogens with zero attached hydrogens (tertiary/aromatic N) is 1. The van der Waals surface area contributed by atoms with Crippen LogP contribution in [0.4, 0.5) is 4.79 Å². The summed E-state index contributed by atoms with van der Waals surface area (Å²) in [6.07, 6.45) is 1.99. The molecule has 0 saturated carbocycles. The van der Waals surface area contributed by atoms with Crippen LogP contribution in [0.3, 0.4) is 0 Å². The smallest absolute Gasteiger partial charge is 0.338 e. The molecule has 1 N–H and O–H groups in total. The third kappa shape index (κ3) is 5.19. The fourth-order valence-electron chi connectivity index (χ4n) is 3.58. The van der Waals surface area contributed by atoms with Gasteiger partial charge in [-0.1, -0.05) is 12.1 Å². The molecule has 0 aliphatic carbocycles. The molecule has 176 valence electrons. The van der Waals surface area contributed by atoms with Gasteiger partial charge in [-0.25, -0.2) is 9.59 Å². The highest BCUT2D eigenvalue weighted by molar-refractivity contribution is 7.98. The van der Waals surface area contributed by atoms with Crippen molar-refractivity contribution in [1.29, 1.82) is 0 Å². The zero-order chi connectivity index (χ0) is 24.0. The van der Waals surface area contributed by atoms with Gasteiger partial charge in [0.15, 0.2) is 11.5 Å². The number of carbonyl (C=O) groups excluding carboxylic acids is 2. The Balaban J connectivity index is 2.08. The molecule has 1 aliphatic heterocycles. The molecule has 0 radical (unpaired) electrons. The first kappa shape index (κ1) is 24.3. The Kier molecular flexibility index (Phi) is 8.11. The number of urea groups is 1. The quantitative estimate of drug-likeness (QED) is 0.436. The van der Waals surface area contributed by atoms with Crippen LogP contribution < -0.4 is 19.5 Å². The first-order chi connectivity index (χ1) is 15.9. The van der Waals surface area contributed by atoms with Crippen molar-refractivity contribution in [3.63, 3.8) is 0 Å². The molecule has 0 fully saturated rings. The van der Waals surface area contributed by atoms with E-state index < -0.39 is 12.0 Å². The normalized spacial score (nSPS) is 15.7. The fourth-order valence-corrected chi connectivity index (χ4v) is 3.99. The Morgan fingerprint density at radius 3 is 2.45 bits per heavy atom. The minimum Gasteiger partial charge on any atom is -0.493 e. The summed E-state index contributed by atoms with van der Waals surface area (Å²) in [6, 6.07) is 11.7. The number of esters is 1. The number of para-hydroxylation sites is 1. The average Bonchev–Trinajstić information content (AvgIpc) is 2.84. The number of likely N-dealkylation sites (N-methyl/N-ethyl adjacent to an activating group) is 1. The molecule has 8 nitrogen and oxygen atoms in total. The van der Waals surface area contributed by atoms with Crippen molar-refractivity contribution >= 4 is 23.8 Å². The summed E-state index contributed by atoms with van der Waals surface area (Å²) in [5.41, 5.74) is 1.25. The van der Waals surface area contributed by atoms with Crippen LogP contribution >= 0.6 is 11.8 Å². The molecule has 3 rings (SSSR count). The number of hydrogen-bond donors (Lipinski definition) is 1. The molecule has 2 amide bonds. The topological polar surface area (TPSA) is 86.3 Å². The van der Waals surface area contributed by atoms with Crippen LogP contribution in [0.15, 0.2) is 58.6 Å². The Hall–Kier alpha value is -3.33. The van der Waals surface area contributed by atoms with Crippen molar-refractivity contribution in [2.45, 2.75) is 17.9 Å². The number of rotatable bonds is 9. The van der Waals surface area contributed by atoms with Crippen LogP contribution in [0.2, 0.25) is 0 Å². The summed E-state index contributed by atoms with van der Waals surface area (Å²) >= 11 is 1.63. The van der Waals surface area contributed by atoms with Gasteiger partial charge in [0.1, 0.15) is 12.4 Å². The SMILES string of the molecule is CCOC(=O)C1=C(COc2ccc(SC)cc2)N(C)C(=O)N[C@@H]1c1cccc(OC)c1OC. The molecule has 0 unspecified atom stereocenters. The van der Waals surface area contributed by atoms with E-state index >= 15 is 0 Å². The van der Waals surface area contributed by atoms with Crippen molar-refractivity contribution in [2.75, 3.05) is 40.7 Å². The summed E-state index contributed by atoms with van der Waals surface area (Å²) in [6.45, 7) is 1.92. The van der Waals surface area contributed by atoms with Gasteiger partial charge in [0.2, 0.25) is 0 Å². The molecule has 9 heteroatoms. The standard InChI is InChI=1S/C24H28N2O6S/c1-6-31-23(27)20-18(14-32-15-10-12-16(33-5)13-11-15)26(2)24(28)25-21(20)17-8-7-9-19(29-3)22(17)30-4/h7-13,21H,6,14H2,1-5H3,(H,25,28)/t21-/m1/s1. The number of methoxy groups -OCH3 is 2. The van der Waals surface area contributed by atoms with E-state index in [1.165, 1.54) is 19.1 Å². The number of carbonyl (C=O) groups is 2. The van der Waals surface area contributed by atoms with Gasteiger partial charge in [-0.3, -0.25) is 4.90 Å². The van der Waals surface area contributed by atoms with E-state index in [-0.39, 0.29) is 24.8 Å². The van der Waals surface area contributed by atoms with E-state index in [0.717, 1.165) is 4.90 Å². The Morgan fingerprint density at radius 2 is 1.85 bits per heavy atom. The number of nitrogens with one attached hydrogen (secondary N) is 1. The highest BCUT2D eigenvalue weighted by Crippen LogP contribution is 2.40. The van der Waals surface area contributed by atoms with Crippen molar-refractivity contribution in [1.82, 2.24) is 10.2 Å². The van der Waals surface area contributed by atoms with E-state index in [9.17, 15) is 9.59 Å². The molecule has 1 aliphatic rings. The molecule has 0 spiro atoms. The molecule has 33 heavy (non-hydrogen) atoms. The first-order valence-electron chi connectivity index (χ1n) is 10.4. The zero-order valence-corrected chi connectivity index (χ0v) is 20.2. The van der Waals surface area contributed by atoms with Crippen LogP contribution in [0.25, 0.3) is 0 Å². The molecule has 0 bridgehead atoms. The van der Waals surface area contributed by atoms with Crippen molar-refractivity contribution in [3.8, 4) is 17.2 Å². The predicted molar refractivity (Wildman–Crippen MR) is 126 cm³/mol. The molecule has 2 aromatic carbocycles. The van der Waals surface area contributed by atoms with Crippen LogP contribution in [0, 0.1) is 0 Å². The monoisotopic (exact) mass is 472 g/mol. The van der Waals surface area contributed by atoms with Crippen LogP contribution in [0.1, 0.15) is 18.5 Å².